The van der Waals surface area contributed by atoms with E-state index in [-0.39, 0.29) is 18.2 Å². The van der Waals surface area contributed by atoms with E-state index in [1.165, 1.54) is 0 Å². The molecule has 0 unspecified atom stereocenters. The van der Waals surface area contributed by atoms with E-state index in [1.54, 1.807) is 30.5 Å². The molecule has 0 saturated heterocycles. The van der Waals surface area contributed by atoms with Crippen molar-refractivity contribution < 1.29 is 9.59 Å². The highest BCUT2D eigenvalue weighted by Crippen LogP contribution is 2.27. The van der Waals surface area contributed by atoms with Gasteiger partial charge in [-0.3, -0.25) is 14.9 Å². The quantitative estimate of drug-likeness (QED) is 0.166. The van der Waals surface area contributed by atoms with Gasteiger partial charge in [-0.05, 0) is 51.9 Å². The molecule has 1 aromatic heterocycles. The van der Waals surface area contributed by atoms with Crippen LogP contribution in [-0.2, 0) is 11.2 Å². The van der Waals surface area contributed by atoms with E-state index >= 15 is 0 Å². The summed E-state index contributed by atoms with van der Waals surface area (Å²) in [4.78, 5) is 24.8. The lowest BCUT2D eigenvalue weighted by Gasteiger charge is -2.07. The Labute approximate surface area is 213 Å². The number of hydrogen-bond donors (Lipinski definition) is 2. The predicted octanol–water partition coefficient (Wildman–Crippen LogP) is 5.55. The number of nitrogens with one attached hydrogen (secondary N) is 2. The zero-order valence-corrected chi connectivity index (χ0v) is 20.6. The highest BCUT2D eigenvalue weighted by Gasteiger charge is 2.13. The topological polar surface area (TPSA) is 96.3 Å². The van der Waals surface area contributed by atoms with Gasteiger partial charge in [0.2, 0.25) is 11.0 Å². The number of fused-ring (bicyclic) bond motifs is 2. The molecule has 172 valence electrons. The van der Waals surface area contributed by atoms with Crippen LogP contribution >= 0.6 is 27.3 Å². The van der Waals surface area contributed by atoms with Gasteiger partial charge in [0.25, 0.3) is 5.91 Å². The zero-order chi connectivity index (χ0) is 24.2. The third-order valence-electron chi connectivity index (χ3n) is 5.30. The maximum Gasteiger partial charge on any atom is 0.257 e. The van der Waals surface area contributed by atoms with Crippen molar-refractivity contribution in [3.63, 3.8) is 0 Å². The van der Waals surface area contributed by atoms with Gasteiger partial charge in [0.15, 0.2) is 0 Å². The Morgan fingerprint density at radius 2 is 1.57 bits per heavy atom. The standard InChI is InChI=1S/C26H18BrN5O2S/c27-19-11-9-16(10-12-19)25(34)29-26-32-31-24(35-26)14-23(33)30-28-15-22-20-7-3-1-5-17(20)13-18-6-2-4-8-21(18)22/h1-13,15H,14H2,(H,30,33)(H,29,32,34)/b28-15-. The third kappa shape index (κ3) is 5.26. The number of nitrogens with zero attached hydrogens (tertiary/aromatic N) is 3. The molecule has 1 heterocycles. The molecule has 0 saturated carbocycles. The molecule has 0 bridgehead atoms. The Morgan fingerprint density at radius 1 is 0.914 bits per heavy atom. The number of carbonyl (C=O) groups is 2. The SMILES string of the molecule is O=C(Cc1nnc(NC(=O)c2ccc(Br)cc2)s1)N/N=C\c1c2ccccc2cc2ccccc12. The molecule has 7 nitrogen and oxygen atoms in total. The molecule has 0 spiro atoms. The molecule has 0 atom stereocenters. The number of hydrogen-bond acceptors (Lipinski definition) is 6. The normalized spacial score (nSPS) is 11.2. The third-order valence-corrected chi connectivity index (χ3v) is 6.67. The fraction of sp³-hybridized carbons (Fsp3) is 0.0385. The van der Waals surface area contributed by atoms with Crippen molar-refractivity contribution >= 4 is 72.0 Å². The summed E-state index contributed by atoms with van der Waals surface area (Å²) in [7, 11) is 0. The molecule has 0 fully saturated rings. The highest BCUT2D eigenvalue weighted by molar-refractivity contribution is 9.10. The first-order valence-corrected chi connectivity index (χ1v) is 12.3. The van der Waals surface area contributed by atoms with Crippen LogP contribution in [0.15, 0.2) is 88.4 Å². The Balaban J connectivity index is 1.25. The molecule has 0 aliphatic heterocycles. The lowest BCUT2D eigenvalue weighted by molar-refractivity contribution is -0.120. The second-order valence-corrected chi connectivity index (χ2v) is 9.64. The van der Waals surface area contributed by atoms with Gasteiger partial charge in [0, 0.05) is 15.6 Å². The fourth-order valence-corrected chi connectivity index (χ4v) is 4.68. The summed E-state index contributed by atoms with van der Waals surface area (Å²) in [5, 5.41) is 20.0. The minimum Gasteiger partial charge on any atom is -0.296 e. The molecule has 5 aromatic rings. The Kier molecular flexibility index (Phi) is 6.60. The van der Waals surface area contributed by atoms with Crippen molar-refractivity contribution in [1.82, 2.24) is 15.6 Å². The summed E-state index contributed by atoms with van der Waals surface area (Å²) >= 11 is 4.48. The molecule has 2 amide bonds. The summed E-state index contributed by atoms with van der Waals surface area (Å²) in [5.41, 5.74) is 4.00. The van der Waals surface area contributed by atoms with Crippen molar-refractivity contribution in [2.45, 2.75) is 6.42 Å². The minimum absolute atomic E-state index is 0.000550. The predicted molar refractivity (Wildman–Crippen MR) is 143 cm³/mol. The first kappa shape index (κ1) is 22.8. The Morgan fingerprint density at radius 3 is 2.26 bits per heavy atom. The maximum absolute atomic E-state index is 12.4. The molecule has 35 heavy (non-hydrogen) atoms. The fourth-order valence-electron chi connectivity index (χ4n) is 3.68. The second-order valence-electron chi connectivity index (χ2n) is 7.66. The van der Waals surface area contributed by atoms with Gasteiger partial charge < -0.3 is 0 Å². The van der Waals surface area contributed by atoms with E-state index in [0.29, 0.717) is 15.7 Å². The lowest BCUT2D eigenvalue weighted by atomic mass is 9.97. The van der Waals surface area contributed by atoms with Crippen LogP contribution in [0.4, 0.5) is 5.13 Å². The number of carbonyl (C=O) groups excluding carboxylic acids is 2. The van der Waals surface area contributed by atoms with Crippen LogP contribution < -0.4 is 10.7 Å². The van der Waals surface area contributed by atoms with Gasteiger partial charge in [0.05, 0.1) is 12.6 Å². The number of anilines is 1. The molecule has 0 radical (unpaired) electrons. The summed E-state index contributed by atoms with van der Waals surface area (Å²) in [6.45, 7) is 0. The van der Waals surface area contributed by atoms with E-state index in [4.69, 9.17) is 0 Å². The van der Waals surface area contributed by atoms with Crippen LogP contribution in [0.1, 0.15) is 20.9 Å². The highest BCUT2D eigenvalue weighted by atomic mass is 79.9. The molecule has 0 aliphatic rings. The molecule has 9 heteroatoms. The number of halogens is 1. The van der Waals surface area contributed by atoms with Gasteiger partial charge in [-0.2, -0.15) is 5.10 Å². The molecular weight excluding hydrogens is 526 g/mol. The van der Waals surface area contributed by atoms with Crippen LogP contribution in [0.2, 0.25) is 0 Å². The molecule has 0 aliphatic carbocycles. The van der Waals surface area contributed by atoms with Crippen molar-refractivity contribution in [2.75, 3.05) is 5.32 Å². The van der Waals surface area contributed by atoms with Gasteiger partial charge >= 0.3 is 0 Å². The minimum atomic E-state index is -0.326. The first-order chi connectivity index (χ1) is 17.1. The van der Waals surface area contributed by atoms with Crippen LogP contribution in [0.5, 0.6) is 0 Å². The molecular formula is C26H18BrN5O2S. The maximum atomic E-state index is 12.4. The van der Waals surface area contributed by atoms with Crippen molar-refractivity contribution in [2.24, 2.45) is 5.10 Å². The van der Waals surface area contributed by atoms with E-state index in [0.717, 1.165) is 42.9 Å². The second kappa shape index (κ2) is 10.1. The summed E-state index contributed by atoms with van der Waals surface area (Å²) < 4.78 is 0.884. The monoisotopic (exact) mass is 543 g/mol. The first-order valence-electron chi connectivity index (χ1n) is 10.7. The van der Waals surface area contributed by atoms with Crippen LogP contribution in [0, 0.1) is 0 Å². The summed E-state index contributed by atoms with van der Waals surface area (Å²) in [6.07, 6.45) is 1.67. The van der Waals surface area contributed by atoms with Crippen LogP contribution in [0.3, 0.4) is 0 Å². The number of rotatable bonds is 6. The molecule has 5 rings (SSSR count). The van der Waals surface area contributed by atoms with Gasteiger partial charge in [-0.15, -0.1) is 10.2 Å². The number of amides is 2. The van der Waals surface area contributed by atoms with E-state index in [1.807, 2.05) is 36.4 Å². The Bertz CT molecular complexity index is 1530. The lowest BCUT2D eigenvalue weighted by Crippen LogP contribution is -2.19. The smallest absolute Gasteiger partial charge is 0.257 e. The average Bonchev–Trinajstić information content (AvgIpc) is 3.30. The number of benzene rings is 4. The summed E-state index contributed by atoms with van der Waals surface area (Å²) in [5.74, 6) is -0.621. The van der Waals surface area contributed by atoms with E-state index in [9.17, 15) is 9.59 Å². The Hall–Kier alpha value is -3.95. The van der Waals surface area contributed by atoms with Gasteiger partial charge in [0.1, 0.15) is 5.01 Å². The van der Waals surface area contributed by atoms with Crippen molar-refractivity contribution in [3.8, 4) is 0 Å². The molecule has 4 aromatic carbocycles. The van der Waals surface area contributed by atoms with Crippen LogP contribution in [0.25, 0.3) is 21.5 Å². The zero-order valence-electron chi connectivity index (χ0n) is 18.2. The van der Waals surface area contributed by atoms with Crippen LogP contribution in [-0.4, -0.2) is 28.2 Å². The van der Waals surface area contributed by atoms with Gasteiger partial charge in [-0.25, -0.2) is 5.43 Å². The molecule has 2 N–H and O–H groups in total. The number of hydrazone groups is 1. The van der Waals surface area contributed by atoms with Crippen molar-refractivity contribution in [3.05, 3.63) is 99.5 Å². The van der Waals surface area contributed by atoms with Gasteiger partial charge in [-0.1, -0.05) is 75.8 Å². The van der Waals surface area contributed by atoms with Crippen molar-refractivity contribution in [1.29, 1.82) is 0 Å². The number of aromatic nitrogens is 2. The van der Waals surface area contributed by atoms with E-state index in [2.05, 4.69) is 60.2 Å². The summed E-state index contributed by atoms with van der Waals surface area (Å²) in [6, 6.07) is 25.3. The average molecular weight is 544 g/mol. The largest absolute Gasteiger partial charge is 0.296 e. The van der Waals surface area contributed by atoms with E-state index < -0.39 is 0 Å².